The molecule has 0 spiro atoms. The van der Waals surface area contributed by atoms with E-state index in [1.54, 1.807) is 0 Å². The first-order chi connectivity index (χ1) is 2.00. The van der Waals surface area contributed by atoms with Crippen molar-refractivity contribution in [3.63, 3.8) is 0 Å². The summed E-state index contributed by atoms with van der Waals surface area (Å²) in [4.78, 5) is 21.6. The molecule has 4 nitrogen and oxygen atoms in total. The average molecular weight is 218 g/mol. The van der Waals surface area contributed by atoms with Crippen LogP contribution in [-0.4, -0.2) is 14.7 Å². The Morgan fingerprint density at radius 2 is 1.14 bits per heavy atom. The van der Waals surface area contributed by atoms with Gasteiger partial charge in [-0.15, -0.1) is 0 Å². The van der Waals surface area contributed by atoms with Gasteiger partial charge in [-0.2, -0.15) is 0 Å². The van der Waals surface area contributed by atoms with Crippen molar-refractivity contribution in [1.82, 2.24) is 0 Å². The van der Waals surface area contributed by atoms with E-state index in [0.29, 0.717) is 0 Å². The van der Waals surface area contributed by atoms with Crippen molar-refractivity contribution in [1.29, 1.82) is 0 Å². The Hall–Kier alpha value is 1.25. The Bertz CT molecular complexity index is 57.8. The van der Waals surface area contributed by atoms with E-state index in [1.807, 2.05) is 0 Å². The van der Waals surface area contributed by atoms with Crippen molar-refractivity contribution in [2.45, 2.75) is 0 Å². The Morgan fingerprint density at radius 3 is 1.14 bits per heavy atom. The van der Waals surface area contributed by atoms with Gasteiger partial charge in [-0.1, -0.05) is 0 Å². The van der Waals surface area contributed by atoms with E-state index in [0.717, 1.165) is 0 Å². The predicted octanol–water partition coefficient (Wildman–Crippen LogP) is -0.934. The Morgan fingerprint density at radius 1 is 1.14 bits per heavy atom. The molecule has 0 atom stereocenters. The summed E-state index contributed by atoms with van der Waals surface area (Å²) in [7, 11) is -4.64. The third-order valence-corrected chi connectivity index (χ3v) is 0. The quantitative estimate of drug-likeness (QED) is 0.362. The van der Waals surface area contributed by atoms with Crippen LogP contribution in [0.5, 0.6) is 0 Å². The summed E-state index contributed by atoms with van der Waals surface area (Å²) in [6.07, 6.45) is 0. The van der Waals surface area contributed by atoms with Gasteiger partial charge in [0.15, 0.2) is 0 Å². The molecule has 3 N–H and O–H groups in total. The van der Waals surface area contributed by atoms with Gasteiger partial charge in [0.1, 0.15) is 0 Å². The molecule has 7 heteroatoms. The zero-order valence-corrected chi connectivity index (χ0v) is 8.32. The second-order valence-electron chi connectivity index (χ2n) is 0.513. The zero-order chi connectivity index (χ0) is 4.50. The van der Waals surface area contributed by atoms with Gasteiger partial charge in [0.05, 0.1) is 0 Å². The first-order valence-corrected chi connectivity index (χ1v) is 2.35. The molecular formula is H3MnO4PZn. The molecule has 0 aliphatic rings. The Kier molecular flexibility index (Phi) is 12.1. The van der Waals surface area contributed by atoms with E-state index in [4.69, 9.17) is 19.2 Å². The zero-order valence-electron chi connectivity index (χ0n) is 3.28. The van der Waals surface area contributed by atoms with Crippen molar-refractivity contribution in [3.8, 4) is 0 Å². The van der Waals surface area contributed by atoms with Crippen molar-refractivity contribution in [2.75, 3.05) is 0 Å². The molecule has 0 saturated heterocycles. The van der Waals surface area contributed by atoms with Gasteiger partial charge in [-0.05, 0) is 0 Å². The molecular weight excluding hydrogens is 215 g/mol. The van der Waals surface area contributed by atoms with Crippen LogP contribution in [-0.2, 0) is 41.1 Å². The van der Waals surface area contributed by atoms with Crippen LogP contribution >= 0.6 is 7.82 Å². The fourth-order valence-electron chi connectivity index (χ4n) is 0. The van der Waals surface area contributed by atoms with Crippen LogP contribution in [0, 0.1) is 0 Å². The van der Waals surface area contributed by atoms with Crippen molar-refractivity contribution in [3.05, 3.63) is 0 Å². The normalized spacial score (nSPS) is 8.43. The molecule has 0 aliphatic carbocycles. The van der Waals surface area contributed by atoms with Crippen LogP contribution in [0.3, 0.4) is 0 Å². The van der Waals surface area contributed by atoms with Crippen molar-refractivity contribution in [2.24, 2.45) is 0 Å². The number of rotatable bonds is 0. The molecule has 0 aromatic carbocycles. The third kappa shape index (κ3) is 127. The monoisotopic (exact) mass is 217 g/mol. The summed E-state index contributed by atoms with van der Waals surface area (Å²) in [5, 5.41) is 0. The predicted molar refractivity (Wildman–Crippen MR) is 14.3 cm³/mol. The molecule has 0 unspecified atom stereocenters. The Labute approximate surface area is 63.8 Å². The second-order valence-corrected chi connectivity index (χ2v) is 1.54. The Balaban J connectivity index is -0.0000000800. The van der Waals surface area contributed by atoms with Crippen LogP contribution < -0.4 is 0 Å². The van der Waals surface area contributed by atoms with Gasteiger partial charge in [0.25, 0.3) is 0 Å². The largest absolute Gasteiger partial charge is 0.466 e. The molecule has 0 rings (SSSR count). The maximum Gasteiger partial charge on any atom is 0.466 e. The van der Waals surface area contributed by atoms with E-state index >= 15 is 0 Å². The standard InChI is InChI=1S/Mn.H3O4P.Zn/c;1-5(2,3)4;/h;(H3,1,2,3,4);. The minimum atomic E-state index is -4.64. The van der Waals surface area contributed by atoms with Gasteiger partial charge < -0.3 is 14.7 Å². The van der Waals surface area contributed by atoms with E-state index in [-0.39, 0.29) is 36.5 Å². The summed E-state index contributed by atoms with van der Waals surface area (Å²) < 4.78 is 8.88. The third-order valence-electron chi connectivity index (χ3n) is 0. The van der Waals surface area contributed by atoms with Crippen LogP contribution in [0.2, 0.25) is 0 Å². The van der Waals surface area contributed by atoms with Crippen molar-refractivity contribution >= 4 is 7.82 Å². The van der Waals surface area contributed by atoms with Gasteiger partial charge >= 0.3 is 7.82 Å². The first-order valence-electron chi connectivity index (χ1n) is 0.783. The average Bonchev–Trinajstić information content (AvgIpc) is 0.722. The fraction of sp³-hybridized carbons (Fsp3) is 0. The first kappa shape index (κ1) is 15.7. The molecule has 0 bridgehead atoms. The number of phosphoric acid groups is 1. The molecule has 0 saturated carbocycles. The van der Waals surface area contributed by atoms with Gasteiger partial charge in [0.2, 0.25) is 0 Å². The molecule has 0 aromatic rings. The number of hydrogen-bond donors (Lipinski definition) is 3. The number of hydrogen-bond acceptors (Lipinski definition) is 1. The maximum atomic E-state index is 8.88. The molecule has 41 valence electrons. The summed E-state index contributed by atoms with van der Waals surface area (Å²) in [5.74, 6) is 0. The van der Waals surface area contributed by atoms with Crippen LogP contribution in [0.4, 0.5) is 0 Å². The summed E-state index contributed by atoms with van der Waals surface area (Å²) in [6.45, 7) is 0. The minimum Gasteiger partial charge on any atom is -0.303 e. The van der Waals surface area contributed by atoms with Gasteiger partial charge in [-0.3, -0.25) is 0 Å². The van der Waals surface area contributed by atoms with E-state index in [1.165, 1.54) is 0 Å². The van der Waals surface area contributed by atoms with E-state index < -0.39 is 7.82 Å². The molecule has 0 heterocycles. The molecule has 7 heavy (non-hydrogen) atoms. The topological polar surface area (TPSA) is 77.8 Å². The van der Waals surface area contributed by atoms with Gasteiger partial charge in [-0.25, -0.2) is 4.57 Å². The molecule has 1 radical (unpaired) electrons. The molecule has 0 amide bonds. The second kappa shape index (κ2) is 5.39. The minimum absolute atomic E-state index is 0. The summed E-state index contributed by atoms with van der Waals surface area (Å²) >= 11 is 0. The van der Waals surface area contributed by atoms with Crippen LogP contribution in [0.1, 0.15) is 0 Å². The summed E-state index contributed by atoms with van der Waals surface area (Å²) in [6, 6.07) is 0. The maximum absolute atomic E-state index is 8.88. The van der Waals surface area contributed by atoms with Gasteiger partial charge in [0, 0.05) is 36.5 Å². The molecule has 0 aromatic heterocycles. The van der Waals surface area contributed by atoms with Crippen LogP contribution in [0.25, 0.3) is 0 Å². The molecule has 0 fully saturated rings. The molecule has 0 aliphatic heterocycles. The summed E-state index contributed by atoms with van der Waals surface area (Å²) in [5.41, 5.74) is 0. The van der Waals surface area contributed by atoms with Crippen molar-refractivity contribution < 1.29 is 55.8 Å². The van der Waals surface area contributed by atoms with Crippen LogP contribution in [0.15, 0.2) is 0 Å². The SMILES string of the molecule is O=P(O)(O)O.[Mn].[Zn]. The fourth-order valence-corrected chi connectivity index (χ4v) is 0. The van der Waals surface area contributed by atoms with E-state index in [2.05, 4.69) is 0 Å². The smallest absolute Gasteiger partial charge is 0.303 e. The van der Waals surface area contributed by atoms with E-state index in [9.17, 15) is 0 Å².